The molecule has 29 heavy (non-hydrogen) atoms. The van der Waals surface area contributed by atoms with E-state index in [1.165, 1.54) is 4.90 Å². The number of carbonyl (C=O) groups excluding carboxylic acids is 2. The number of carbonyl (C=O) groups is 2. The number of primary amides is 1. The van der Waals surface area contributed by atoms with Crippen LogP contribution in [0.2, 0.25) is 0 Å². The predicted octanol–water partition coefficient (Wildman–Crippen LogP) is 2.87. The first-order valence-electron chi connectivity index (χ1n) is 9.82. The van der Waals surface area contributed by atoms with E-state index < -0.39 is 17.6 Å². The van der Waals surface area contributed by atoms with Gasteiger partial charge in [0.15, 0.2) is 0 Å². The van der Waals surface area contributed by atoms with Crippen molar-refractivity contribution in [1.29, 1.82) is 0 Å². The summed E-state index contributed by atoms with van der Waals surface area (Å²) in [4.78, 5) is 38.4. The molecule has 1 atom stereocenters. The number of hydrogen-bond acceptors (Lipinski definition) is 5. The third-order valence-corrected chi connectivity index (χ3v) is 6.03. The standard InChI is InChI=1S/C22H24N2O5/c1-11-10-28-19-13(3)20-16(9-15(11)19)12(2)14(22(27)29-20)6-7-18(25)24-8-4-5-17(24)21(23)26/h9-10,17H,4-8H2,1-3H3,(H2,23,26)/t17-/m1/s1. The van der Waals surface area contributed by atoms with Gasteiger partial charge >= 0.3 is 5.63 Å². The lowest BCUT2D eigenvalue weighted by atomic mass is 9.98. The molecule has 1 aliphatic rings. The Morgan fingerprint density at radius 3 is 2.66 bits per heavy atom. The fourth-order valence-corrected chi connectivity index (χ4v) is 4.34. The number of aryl methyl sites for hydroxylation is 3. The lowest BCUT2D eigenvalue weighted by molar-refractivity contribution is -0.137. The van der Waals surface area contributed by atoms with Crippen LogP contribution >= 0.6 is 0 Å². The number of benzene rings is 1. The van der Waals surface area contributed by atoms with Crippen LogP contribution in [-0.4, -0.2) is 29.3 Å². The van der Waals surface area contributed by atoms with Crippen molar-refractivity contribution >= 4 is 33.8 Å². The first-order chi connectivity index (χ1) is 13.8. The summed E-state index contributed by atoms with van der Waals surface area (Å²) in [5.74, 6) is -0.644. The zero-order chi connectivity index (χ0) is 20.9. The first kappa shape index (κ1) is 19.2. The highest BCUT2D eigenvalue weighted by atomic mass is 16.4. The van der Waals surface area contributed by atoms with Crippen LogP contribution in [-0.2, 0) is 16.0 Å². The van der Waals surface area contributed by atoms with E-state index in [2.05, 4.69) is 0 Å². The monoisotopic (exact) mass is 396 g/mol. The molecule has 0 radical (unpaired) electrons. The molecule has 7 nitrogen and oxygen atoms in total. The molecule has 152 valence electrons. The lowest BCUT2D eigenvalue weighted by Crippen LogP contribution is -2.43. The van der Waals surface area contributed by atoms with Crippen molar-refractivity contribution in [2.45, 2.75) is 52.5 Å². The van der Waals surface area contributed by atoms with Gasteiger partial charge in [0.2, 0.25) is 11.8 Å². The van der Waals surface area contributed by atoms with E-state index in [-0.39, 0.29) is 18.7 Å². The number of nitrogens with two attached hydrogens (primary N) is 1. The second-order valence-electron chi connectivity index (χ2n) is 7.81. The molecule has 2 N–H and O–H groups in total. The molecule has 1 fully saturated rings. The summed E-state index contributed by atoms with van der Waals surface area (Å²) in [6.07, 6.45) is 3.43. The Morgan fingerprint density at radius 2 is 1.93 bits per heavy atom. The van der Waals surface area contributed by atoms with Crippen LogP contribution < -0.4 is 11.4 Å². The van der Waals surface area contributed by atoms with E-state index in [0.29, 0.717) is 29.7 Å². The van der Waals surface area contributed by atoms with Crippen LogP contribution in [0.5, 0.6) is 0 Å². The molecule has 3 heterocycles. The third-order valence-electron chi connectivity index (χ3n) is 6.03. The van der Waals surface area contributed by atoms with Crippen LogP contribution in [0.4, 0.5) is 0 Å². The highest BCUT2D eigenvalue weighted by molar-refractivity contribution is 5.99. The topological polar surface area (TPSA) is 107 Å². The van der Waals surface area contributed by atoms with Crippen LogP contribution in [0, 0.1) is 20.8 Å². The van der Waals surface area contributed by atoms with Crippen molar-refractivity contribution in [2.24, 2.45) is 5.73 Å². The molecule has 0 bridgehead atoms. The summed E-state index contributed by atoms with van der Waals surface area (Å²) < 4.78 is 11.2. The lowest BCUT2D eigenvalue weighted by Gasteiger charge is -2.22. The minimum absolute atomic E-state index is 0.132. The van der Waals surface area contributed by atoms with E-state index in [1.807, 2.05) is 26.8 Å². The number of amides is 2. The molecular weight excluding hydrogens is 372 g/mol. The van der Waals surface area contributed by atoms with E-state index in [4.69, 9.17) is 14.6 Å². The quantitative estimate of drug-likeness (QED) is 0.683. The van der Waals surface area contributed by atoms with Gasteiger partial charge in [0.25, 0.3) is 0 Å². The van der Waals surface area contributed by atoms with Gasteiger partial charge in [0.1, 0.15) is 17.2 Å². The minimum atomic E-state index is -0.545. The summed E-state index contributed by atoms with van der Waals surface area (Å²) in [6, 6.07) is 1.43. The predicted molar refractivity (Wildman–Crippen MR) is 109 cm³/mol. The SMILES string of the molecule is Cc1coc2c(C)c3oc(=O)c(CCC(=O)N4CCC[C@@H]4C(N)=O)c(C)c3cc12. The summed E-state index contributed by atoms with van der Waals surface area (Å²) in [6.45, 7) is 6.24. The average molecular weight is 396 g/mol. The maximum absolute atomic E-state index is 12.7. The Morgan fingerprint density at radius 1 is 1.17 bits per heavy atom. The third kappa shape index (κ3) is 3.10. The molecule has 0 spiro atoms. The average Bonchev–Trinajstić information content (AvgIpc) is 3.30. The Labute approximate surface area is 167 Å². The minimum Gasteiger partial charge on any atom is -0.464 e. The van der Waals surface area contributed by atoms with Crippen LogP contribution in [0.15, 0.2) is 26.0 Å². The Bertz CT molecular complexity index is 1200. The highest BCUT2D eigenvalue weighted by Gasteiger charge is 2.32. The number of nitrogens with zero attached hydrogens (tertiary/aromatic N) is 1. The van der Waals surface area contributed by atoms with Crippen molar-refractivity contribution in [2.75, 3.05) is 6.54 Å². The van der Waals surface area contributed by atoms with Gasteiger partial charge in [0.05, 0.1) is 6.26 Å². The normalized spacial score (nSPS) is 16.8. The number of rotatable bonds is 4. The van der Waals surface area contributed by atoms with Crippen molar-refractivity contribution in [3.05, 3.63) is 45.0 Å². The largest absolute Gasteiger partial charge is 0.464 e. The number of hydrogen-bond donors (Lipinski definition) is 1. The molecule has 7 heteroatoms. The van der Waals surface area contributed by atoms with Gasteiger partial charge in [-0.1, -0.05) is 0 Å². The van der Waals surface area contributed by atoms with Gasteiger partial charge in [-0.05, 0) is 57.2 Å². The summed E-state index contributed by atoms with van der Waals surface area (Å²) in [7, 11) is 0. The smallest absolute Gasteiger partial charge is 0.339 e. The Kier molecular flexibility index (Phi) is 4.68. The number of fused-ring (bicyclic) bond motifs is 2. The molecule has 0 aliphatic carbocycles. The van der Waals surface area contributed by atoms with E-state index in [1.54, 1.807) is 6.26 Å². The molecule has 2 aromatic heterocycles. The van der Waals surface area contributed by atoms with E-state index in [0.717, 1.165) is 33.9 Å². The van der Waals surface area contributed by atoms with Gasteiger partial charge in [-0.25, -0.2) is 4.79 Å². The molecule has 1 saturated heterocycles. The molecule has 1 aromatic carbocycles. The maximum atomic E-state index is 12.7. The number of likely N-dealkylation sites (tertiary alicyclic amines) is 1. The van der Waals surface area contributed by atoms with E-state index >= 15 is 0 Å². The van der Waals surface area contributed by atoms with Gasteiger partial charge in [-0.2, -0.15) is 0 Å². The van der Waals surface area contributed by atoms with Crippen molar-refractivity contribution in [1.82, 2.24) is 4.90 Å². The van der Waals surface area contributed by atoms with Crippen molar-refractivity contribution in [3.63, 3.8) is 0 Å². The summed E-state index contributed by atoms with van der Waals surface area (Å²) in [5, 5.41) is 1.83. The molecule has 0 unspecified atom stereocenters. The van der Waals surface area contributed by atoms with Crippen LogP contribution in [0.25, 0.3) is 21.9 Å². The van der Waals surface area contributed by atoms with Crippen LogP contribution in [0.3, 0.4) is 0 Å². The Hall–Kier alpha value is -3.09. The number of furan rings is 1. The Balaban J connectivity index is 1.68. The summed E-state index contributed by atoms with van der Waals surface area (Å²) >= 11 is 0. The molecule has 0 saturated carbocycles. The zero-order valence-electron chi connectivity index (χ0n) is 16.8. The maximum Gasteiger partial charge on any atom is 0.339 e. The van der Waals surface area contributed by atoms with E-state index in [9.17, 15) is 14.4 Å². The molecule has 4 rings (SSSR count). The fraction of sp³-hybridized carbons (Fsp3) is 0.409. The fourth-order valence-electron chi connectivity index (χ4n) is 4.34. The van der Waals surface area contributed by atoms with Gasteiger partial charge < -0.3 is 19.5 Å². The van der Waals surface area contributed by atoms with Crippen molar-refractivity contribution in [3.8, 4) is 0 Å². The second-order valence-corrected chi connectivity index (χ2v) is 7.81. The van der Waals surface area contributed by atoms with Gasteiger partial charge in [0, 0.05) is 34.9 Å². The molecule has 3 aromatic rings. The van der Waals surface area contributed by atoms with Gasteiger partial charge in [-0.3, -0.25) is 9.59 Å². The first-order valence-corrected chi connectivity index (χ1v) is 9.82. The highest BCUT2D eigenvalue weighted by Crippen LogP contribution is 2.32. The zero-order valence-corrected chi connectivity index (χ0v) is 16.8. The summed E-state index contributed by atoms with van der Waals surface area (Å²) in [5.41, 5.74) is 9.28. The van der Waals surface area contributed by atoms with Crippen LogP contribution in [0.1, 0.15) is 41.5 Å². The van der Waals surface area contributed by atoms with Crippen molar-refractivity contribution < 1.29 is 18.4 Å². The second kappa shape index (κ2) is 7.06. The van der Waals surface area contributed by atoms with Gasteiger partial charge in [-0.15, -0.1) is 0 Å². The molecular formula is C22H24N2O5. The molecule has 1 aliphatic heterocycles. The molecule has 2 amide bonds.